The van der Waals surface area contributed by atoms with E-state index in [0.29, 0.717) is 0 Å². The van der Waals surface area contributed by atoms with Gasteiger partial charge in [0.05, 0.1) is 0 Å². The van der Waals surface area contributed by atoms with Crippen LogP contribution in [0.4, 0.5) is 0 Å². The minimum absolute atomic E-state index is 0.816. The topological polar surface area (TPSA) is 15.3 Å². The molecule has 2 rings (SSSR count). The van der Waals surface area contributed by atoms with Gasteiger partial charge in [0.25, 0.3) is 0 Å². The van der Waals surface area contributed by atoms with Crippen molar-refractivity contribution in [3.63, 3.8) is 0 Å². The number of rotatable bonds is 6. The molecule has 0 spiro atoms. The average molecular weight is 228 g/mol. The van der Waals surface area contributed by atoms with Gasteiger partial charge in [-0.1, -0.05) is 0 Å². The van der Waals surface area contributed by atoms with E-state index in [9.17, 15) is 0 Å². The van der Waals surface area contributed by atoms with Crippen molar-refractivity contribution in [3.05, 3.63) is 0 Å². The summed E-state index contributed by atoms with van der Waals surface area (Å²) in [5, 5.41) is 3.73. The molecule has 1 N–H and O–H groups in total. The van der Waals surface area contributed by atoms with Gasteiger partial charge in [0, 0.05) is 18.3 Å². The lowest BCUT2D eigenvalue weighted by Crippen LogP contribution is -2.43. The van der Waals surface area contributed by atoms with E-state index in [1.807, 2.05) is 11.8 Å². The van der Waals surface area contributed by atoms with Gasteiger partial charge in [0.2, 0.25) is 0 Å². The highest BCUT2D eigenvalue weighted by Gasteiger charge is 2.24. The summed E-state index contributed by atoms with van der Waals surface area (Å²) in [4.78, 5) is 2.62. The predicted octanol–water partition coefficient (Wildman–Crippen LogP) is 1.81. The van der Waals surface area contributed by atoms with Gasteiger partial charge in [-0.25, -0.2) is 0 Å². The van der Waals surface area contributed by atoms with Gasteiger partial charge in [-0.15, -0.1) is 0 Å². The molecule has 3 heteroatoms. The van der Waals surface area contributed by atoms with E-state index in [4.69, 9.17) is 0 Å². The SMILES string of the molecule is CSCCN1CCC(NCC2CC2)CC1. The van der Waals surface area contributed by atoms with Gasteiger partial charge in [-0.3, -0.25) is 0 Å². The Hall–Kier alpha value is 0.270. The van der Waals surface area contributed by atoms with Gasteiger partial charge in [-0.2, -0.15) is 11.8 Å². The summed E-state index contributed by atoms with van der Waals surface area (Å²) in [6, 6.07) is 0.816. The minimum Gasteiger partial charge on any atom is -0.314 e. The lowest BCUT2D eigenvalue weighted by molar-refractivity contribution is 0.207. The quantitative estimate of drug-likeness (QED) is 0.746. The maximum Gasteiger partial charge on any atom is 0.00915 e. The van der Waals surface area contributed by atoms with Crippen molar-refractivity contribution in [1.29, 1.82) is 0 Å². The van der Waals surface area contributed by atoms with Crippen molar-refractivity contribution in [2.24, 2.45) is 5.92 Å². The van der Waals surface area contributed by atoms with Crippen molar-refractivity contribution < 1.29 is 0 Å². The molecule has 15 heavy (non-hydrogen) atoms. The number of hydrogen-bond acceptors (Lipinski definition) is 3. The molecule has 1 heterocycles. The number of thioether (sulfide) groups is 1. The molecular formula is C12H24N2S. The fourth-order valence-corrected chi connectivity index (χ4v) is 2.68. The standard InChI is InChI=1S/C12H24N2S/c1-15-9-8-14-6-4-12(5-7-14)13-10-11-2-3-11/h11-13H,2-10H2,1H3. The predicted molar refractivity (Wildman–Crippen MR) is 68.6 cm³/mol. The monoisotopic (exact) mass is 228 g/mol. The summed E-state index contributed by atoms with van der Waals surface area (Å²) in [5.74, 6) is 2.32. The van der Waals surface area contributed by atoms with E-state index in [-0.39, 0.29) is 0 Å². The fraction of sp³-hybridized carbons (Fsp3) is 1.00. The summed E-state index contributed by atoms with van der Waals surface area (Å²) in [7, 11) is 0. The van der Waals surface area contributed by atoms with Gasteiger partial charge in [0.1, 0.15) is 0 Å². The molecule has 2 nitrogen and oxygen atoms in total. The minimum atomic E-state index is 0.816. The first-order chi connectivity index (χ1) is 7.38. The summed E-state index contributed by atoms with van der Waals surface area (Å²) < 4.78 is 0. The molecule has 0 aromatic rings. The second-order valence-electron chi connectivity index (χ2n) is 4.96. The Balaban J connectivity index is 1.54. The highest BCUT2D eigenvalue weighted by molar-refractivity contribution is 7.98. The summed E-state index contributed by atoms with van der Waals surface area (Å²) in [5.41, 5.74) is 0. The van der Waals surface area contributed by atoms with Crippen LogP contribution in [-0.2, 0) is 0 Å². The number of piperidine rings is 1. The van der Waals surface area contributed by atoms with Crippen molar-refractivity contribution in [3.8, 4) is 0 Å². The molecule has 1 saturated carbocycles. The highest BCUT2D eigenvalue weighted by atomic mass is 32.2. The molecular weight excluding hydrogens is 204 g/mol. The zero-order chi connectivity index (χ0) is 10.5. The van der Waals surface area contributed by atoms with E-state index in [1.54, 1.807) is 0 Å². The van der Waals surface area contributed by atoms with Gasteiger partial charge in [0.15, 0.2) is 0 Å². The Kier molecular flexibility index (Phi) is 4.79. The number of nitrogens with zero attached hydrogens (tertiary/aromatic N) is 1. The lowest BCUT2D eigenvalue weighted by atomic mass is 10.1. The van der Waals surface area contributed by atoms with Crippen LogP contribution in [0.2, 0.25) is 0 Å². The maximum absolute atomic E-state index is 3.73. The second-order valence-corrected chi connectivity index (χ2v) is 5.95. The lowest BCUT2D eigenvalue weighted by Gasteiger charge is -2.32. The fourth-order valence-electron chi connectivity index (χ4n) is 2.24. The van der Waals surface area contributed by atoms with Crippen molar-refractivity contribution in [2.45, 2.75) is 31.7 Å². The van der Waals surface area contributed by atoms with E-state index >= 15 is 0 Å². The maximum atomic E-state index is 3.73. The zero-order valence-electron chi connectivity index (χ0n) is 9.87. The molecule has 1 aliphatic heterocycles. The largest absolute Gasteiger partial charge is 0.314 e. The smallest absolute Gasteiger partial charge is 0.00915 e. The molecule has 0 radical (unpaired) electrons. The van der Waals surface area contributed by atoms with Crippen molar-refractivity contribution >= 4 is 11.8 Å². The van der Waals surface area contributed by atoms with Crippen molar-refractivity contribution in [2.75, 3.05) is 38.2 Å². The Morgan fingerprint density at radius 3 is 2.53 bits per heavy atom. The first kappa shape index (κ1) is 11.7. The second kappa shape index (κ2) is 6.12. The van der Waals surface area contributed by atoms with Crippen LogP contribution < -0.4 is 5.32 Å². The zero-order valence-corrected chi connectivity index (χ0v) is 10.7. The molecule has 0 aromatic carbocycles. The third-order valence-corrected chi connectivity index (χ3v) is 4.18. The molecule has 1 aliphatic carbocycles. The highest BCUT2D eigenvalue weighted by Crippen LogP contribution is 2.28. The van der Waals surface area contributed by atoms with E-state index in [1.165, 1.54) is 57.6 Å². The summed E-state index contributed by atoms with van der Waals surface area (Å²) in [6.45, 7) is 5.19. The van der Waals surface area contributed by atoms with Crippen LogP contribution in [0.1, 0.15) is 25.7 Å². The summed E-state index contributed by atoms with van der Waals surface area (Å²) in [6.07, 6.45) is 7.87. The summed E-state index contributed by atoms with van der Waals surface area (Å²) >= 11 is 1.96. The average Bonchev–Trinajstić information content (AvgIpc) is 3.09. The Morgan fingerprint density at radius 2 is 1.93 bits per heavy atom. The molecule has 2 aliphatic rings. The molecule has 0 amide bonds. The van der Waals surface area contributed by atoms with Gasteiger partial charge < -0.3 is 10.2 Å². The van der Waals surface area contributed by atoms with Crippen LogP contribution in [0.15, 0.2) is 0 Å². The van der Waals surface area contributed by atoms with Crippen LogP contribution in [0.3, 0.4) is 0 Å². The number of hydrogen-bond donors (Lipinski definition) is 1. The van der Waals surface area contributed by atoms with Crippen LogP contribution >= 0.6 is 11.8 Å². The molecule has 1 saturated heterocycles. The van der Waals surface area contributed by atoms with Crippen molar-refractivity contribution in [1.82, 2.24) is 10.2 Å². The van der Waals surface area contributed by atoms with Crippen LogP contribution in [0.25, 0.3) is 0 Å². The van der Waals surface area contributed by atoms with Gasteiger partial charge >= 0.3 is 0 Å². The molecule has 2 fully saturated rings. The number of likely N-dealkylation sites (tertiary alicyclic amines) is 1. The van der Waals surface area contributed by atoms with E-state index in [2.05, 4.69) is 16.5 Å². The molecule has 0 atom stereocenters. The molecule has 0 aromatic heterocycles. The Labute approximate surface area is 98.2 Å². The molecule has 88 valence electrons. The normalized spacial score (nSPS) is 24.6. The third kappa shape index (κ3) is 4.33. The first-order valence-corrected chi connectivity index (χ1v) is 7.72. The van der Waals surface area contributed by atoms with Crippen LogP contribution in [0.5, 0.6) is 0 Å². The third-order valence-electron chi connectivity index (χ3n) is 3.59. The van der Waals surface area contributed by atoms with Crippen LogP contribution in [-0.4, -0.2) is 49.1 Å². The number of nitrogens with one attached hydrogen (secondary N) is 1. The Morgan fingerprint density at radius 1 is 1.20 bits per heavy atom. The molecule has 0 bridgehead atoms. The van der Waals surface area contributed by atoms with E-state index in [0.717, 1.165) is 12.0 Å². The first-order valence-electron chi connectivity index (χ1n) is 6.33. The van der Waals surface area contributed by atoms with Crippen LogP contribution in [0, 0.1) is 5.92 Å². The van der Waals surface area contributed by atoms with Gasteiger partial charge in [-0.05, 0) is 57.5 Å². The van der Waals surface area contributed by atoms with E-state index < -0.39 is 0 Å². The molecule has 0 unspecified atom stereocenters. The Bertz CT molecular complexity index is 174.